The average molecular weight is 267 g/mol. The summed E-state index contributed by atoms with van der Waals surface area (Å²) in [5, 5.41) is 0.386. The SMILES string of the molecule is CC(CN)c1c(F)cc(Cl)cc1Br. The smallest absolute Gasteiger partial charge is 0.129 e. The third kappa shape index (κ3) is 2.42. The molecule has 0 aliphatic heterocycles. The van der Waals surface area contributed by atoms with Crippen molar-refractivity contribution in [1.29, 1.82) is 0 Å². The Balaban J connectivity index is 3.20. The molecule has 0 saturated carbocycles. The molecule has 1 nitrogen and oxygen atoms in total. The van der Waals surface area contributed by atoms with Crippen LogP contribution >= 0.6 is 27.5 Å². The van der Waals surface area contributed by atoms with Gasteiger partial charge in [0.15, 0.2) is 0 Å². The van der Waals surface area contributed by atoms with Gasteiger partial charge in [-0.15, -0.1) is 0 Å². The fraction of sp³-hybridized carbons (Fsp3) is 0.333. The number of halogens is 3. The Kier molecular flexibility index (Phi) is 3.71. The number of rotatable bonds is 2. The molecule has 0 heterocycles. The zero-order valence-corrected chi connectivity index (χ0v) is 9.49. The van der Waals surface area contributed by atoms with Crippen LogP contribution in [0.3, 0.4) is 0 Å². The molecule has 0 aliphatic rings. The van der Waals surface area contributed by atoms with E-state index in [0.29, 0.717) is 21.6 Å². The molecule has 1 aromatic carbocycles. The summed E-state index contributed by atoms with van der Waals surface area (Å²) in [7, 11) is 0. The summed E-state index contributed by atoms with van der Waals surface area (Å²) in [6.45, 7) is 2.29. The zero-order valence-electron chi connectivity index (χ0n) is 7.15. The highest BCUT2D eigenvalue weighted by molar-refractivity contribution is 9.10. The van der Waals surface area contributed by atoms with Crippen LogP contribution in [0.4, 0.5) is 4.39 Å². The lowest BCUT2D eigenvalue weighted by molar-refractivity contribution is 0.588. The Hall–Kier alpha value is -0.120. The third-order valence-corrected chi connectivity index (χ3v) is 2.76. The highest BCUT2D eigenvalue weighted by Gasteiger charge is 2.14. The molecule has 4 heteroatoms. The molecule has 0 fully saturated rings. The minimum atomic E-state index is -0.308. The molecule has 0 aliphatic carbocycles. The second-order valence-corrected chi connectivity index (χ2v) is 4.21. The van der Waals surface area contributed by atoms with E-state index >= 15 is 0 Å². The van der Waals surface area contributed by atoms with Crippen LogP contribution in [-0.2, 0) is 0 Å². The third-order valence-electron chi connectivity index (χ3n) is 1.89. The quantitative estimate of drug-likeness (QED) is 0.873. The van der Waals surface area contributed by atoms with E-state index in [2.05, 4.69) is 15.9 Å². The van der Waals surface area contributed by atoms with Crippen LogP contribution in [0, 0.1) is 5.82 Å². The van der Waals surface area contributed by atoms with Gasteiger partial charge in [0.25, 0.3) is 0 Å². The molecule has 0 bridgehead atoms. The van der Waals surface area contributed by atoms with Gasteiger partial charge in [-0.25, -0.2) is 4.39 Å². The van der Waals surface area contributed by atoms with Crippen molar-refractivity contribution in [3.63, 3.8) is 0 Å². The van der Waals surface area contributed by atoms with E-state index in [9.17, 15) is 4.39 Å². The molecule has 1 aromatic rings. The second kappa shape index (κ2) is 4.40. The van der Waals surface area contributed by atoms with Gasteiger partial charge in [0.1, 0.15) is 5.82 Å². The van der Waals surface area contributed by atoms with Gasteiger partial charge >= 0.3 is 0 Å². The first-order valence-electron chi connectivity index (χ1n) is 3.90. The van der Waals surface area contributed by atoms with Crippen molar-refractivity contribution in [2.24, 2.45) is 5.73 Å². The van der Waals surface area contributed by atoms with E-state index in [4.69, 9.17) is 17.3 Å². The molecule has 1 atom stereocenters. The minimum Gasteiger partial charge on any atom is -0.330 e. The molecule has 0 radical (unpaired) electrons. The van der Waals surface area contributed by atoms with Gasteiger partial charge in [0.2, 0.25) is 0 Å². The number of benzene rings is 1. The van der Waals surface area contributed by atoms with Gasteiger partial charge in [-0.1, -0.05) is 34.5 Å². The van der Waals surface area contributed by atoms with E-state index in [0.717, 1.165) is 0 Å². The van der Waals surface area contributed by atoms with Crippen LogP contribution in [0.25, 0.3) is 0 Å². The molecule has 1 rings (SSSR count). The Morgan fingerprint density at radius 2 is 2.23 bits per heavy atom. The van der Waals surface area contributed by atoms with Crippen LogP contribution in [0.1, 0.15) is 18.4 Å². The molecule has 0 spiro atoms. The van der Waals surface area contributed by atoms with Crippen molar-refractivity contribution < 1.29 is 4.39 Å². The summed E-state index contributed by atoms with van der Waals surface area (Å²) in [6, 6.07) is 2.97. The van der Waals surface area contributed by atoms with Crippen molar-refractivity contribution in [3.05, 3.63) is 33.0 Å². The summed E-state index contributed by atoms with van der Waals surface area (Å²) in [5.41, 5.74) is 6.05. The summed E-state index contributed by atoms with van der Waals surface area (Å²) in [5.74, 6) is -0.316. The van der Waals surface area contributed by atoms with Gasteiger partial charge in [-0.3, -0.25) is 0 Å². The highest BCUT2D eigenvalue weighted by atomic mass is 79.9. The first kappa shape index (κ1) is 11.0. The summed E-state index contributed by atoms with van der Waals surface area (Å²) < 4.78 is 14.1. The highest BCUT2D eigenvalue weighted by Crippen LogP contribution is 2.30. The summed E-state index contributed by atoms with van der Waals surface area (Å²) >= 11 is 8.93. The molecule has 1 unspecified atom stereocenters. The first-order chi connectivity index (χ1) is 6.06. The Morgan fingerprint density at radius 3 is 2.69 bits per heavy atom. The first-order valence-corrected chi connectivity index (χ1v) is 5.08. The van der Waals surface area contributed by atoms with Crippen LogP contribution in [-0.4, -0.2) is 6.54 Å². The fourth-order valence-corrected chi connectivity index (χ4v) is 2.31. The van der Waals surface area contributed by atoms with Gasteiger partial charge in [-0.05, 0) is 24.6 Å². The molecular formula is C9H10BrClFN. The molecule has 13 heavy (non-hydrogen) atoms. The van der Waals surface area contributed by atoms with Crippen LogP contribution in [0.15, 0.2) is 16.6 Å². The summed E-state index contributed by atoms with van der Waals surface area (Å²) in [4.78, 5) is 0. The van der Waals surface area contributed by atoms with E-state index in [1.165, 1.54) is 6.07 Å². The lowest BCUT2D eigenvalue weighted by Crippen LogP contribution is -2.11. The topological polar surface area (TPSA) is 26.0 Å². The van der Waals surface area contributed by atoms with E-state index in [-0.39, 0.29) is 11.7 Å². The molecule has 0 amide bonds. The lowest BCUT2D eigenvalue weighted by atomic mass is 10.0. The largest absolute Gasteiger partial charge is 0.330 e. The number of nitrogens with two attached hydrogens (primary N) is 1. The van der Waals surface area contributed by atoms with Crippen LogP contribution in [0.2, 0.25) is 5.02 Å². The van der Waals surface area contributed by atoms with Crippen molar-refractivity contribution in [1.82, 2.24) is 0 Å². The molecule has 0 aromatic heterocycles. The molecule has 0 saturated heterocycles. The summed E-state index contributed by atoms with van der Waals surface area (Å²) in [6.07, 6.45) is 0. The molecule has 2 N–H and O–H groups in total. The Bertz CT molecular complexity index is 293. The van der Waals surface area contributed by atoms with Crippen LogP contribution in [0.5, 0.6) is 0 Å². The number of hydrogen-bond acceptors (Lipinski definition) is 1. The minimum absolute atomic E-state index is 0.00774. The van der Waals surface area contributed by atoms with E-state index in [1.54, 1.807) is 6.07 Å². The van der Waals surface area contributed by atoms with E-state index < -0.39 is 0 Å². The van der Waals surface area contributed by atoms with Crippen molar-refractivity contribution >= 4 is 27.5 Å². The normalized spacial score (nSPS) is 13.0. The Morgan fingerprint density at radius 1 is 1.62 bits per heavy atom. The van der Waals surface area contributed by atoms with Crippen molar-refractivity contribution in [3.8, 4) is 0 Å². The average Bonchev–Trinajstić information content (AvgIpc) is 2.02. The second-order valence-electron chi connectivity index (χ2n) is 2.92. The predicted octanol–water partition coefficient (Wildman–Crippen LogP) is 3.30. The van der Waals surface area contributed by atoms with Crippen LogP contribution < -0.4 is 5.73 Å². The molecule has 72 valence electrons. The van der Waals surface area contributed by atoms with Gasteiger partial charge in [-0.2, -0.15) is 0 Å². The molecular weight excluding hydrogens is 256 g/mol. The maximum Gasteiger partial charge on any atom is 0.129 e. The maximum atomic E-state index is 13.4. The monoisotopic (exact) mass is 265 g/mol. The lowest BCUT2D eigenvalue weighted by Gasteiger charge is -2.12. The maximum absolute atomic E-state index is 13.4. The fourth-order valence-electron chi connectivity index (χ4n) is 1.14. The standard InChI is InChI=1S/C9H10BrClFN/c1-5(4-13)9-7(10)2-6(11)3-8(9)12/h2-3,5H,4,13H2,1H3. The predicted molar refractivity (Wildman–Crippen MR) is 56.6 cm³/mol. The van der Waals surface area contributed by atoms with Crippen molar-refractivity contribution in [2.45, 2.75) is 12.8 Å². The Labute approximate surface area is 90.2 Å². The van der Waals surface area contributed by atoms with E-state index in [1.807, 2.05) is 6.92 Å². The van der Waals surface area contributed by atoms with Gasteiger partial charge in [0.05, 0.1) is 0 Å². The van der Waals surface area contributed by atoms with Crippen molar-refractivity contribution in [2.75, 3.05) is 6.54 Å². The zero-order chi connectivity index (χ0) is 10.0. The van der Waals surface area contributed by atoms with Gasteiger partial charge < -0.3 is 5.73 Å². The van der Waals surface area contributed by atoms with Gasteiger partial charge in [0, 0.05) is 15.1 Å². The number of hydrogen-bond donors (Lipinski definition) is 1.